The predicted octanol–water partition coefficient (Wildman–Crippen LogP) is 3.05. The van der Waals surface area contributed by atoms with E-state index in [1.807, 2.05) is 0 Å². The van der Waals surface area contributed by atoms with Gasteiger partial charge in [0.1, 0.15) is 23.7 Å². The topological polar surface area (TPSA) is 75.7 Å². The summed E-state index contributed by atoms with van der Waals surface area (Å²) in [5, 5.41) is 2.12. The van der Waals surface area contributed by atoms with Crippen LogP contribution in [0.4, 0.5) is 9.18 Å². The van der Waals surface area contributed by atoms with Gasteiger partial charge in [-0.05, 0) is 29.8 Å². The minimum absolute atomic E-state index is 0.0128. The van der Waals surface area contributed by atoms with Crippen molar-refractivity contribution in [3.05, 3.63) is 83.7 Å². The molecule has 0 aromatic heterocycles. The summed E-state index contributed by atoms with van der Waals surface area (Å²) >= 11 is 0. The average molecular weight is 380 g/mol. The average Bonchev–Trinajstić information content (AvgIpc) is 2.68. The zero-order valence-corrected chi connectivity index (χ0v) is 14.9. The molecule has 2 aromatic rings. The van der Waals surface area contributed by atoms with Crippen molar-refractivity contribution in [2.75, 3.05) is 6.54 Å². The normalized spacial score (nSPS) is 15.5. The van der Waals surface area contributed by atoms with Gasteiger partial charge in [-0.15, -0.1) is 6.58 Å². The molecule has 1 saturated heterocycles. The van der Waals surface area contributed by atoms with Gasteiger partial charge in [0.25, 0.3) is 11.8 Å². The van der Waals surface area contributed by atoms with Crippen LogP contribution in [0.1, 0.15) is 11.1 Å². The molecule has 0 unspecified atom stereocenters. The fourth-order valence-corrected chi connectivity index (χ4v) is 2.63. The van der Waals surface area contributed by atoms with Gasteiger partial charge in [-0.25, -0.2) is 9.18 Å². The Morgan fingerprint density at radius 2 is 1.89 bits per heavy atom. The van der Waals surface area contributed by atoms with Crippen LogP contribution in [0.2, 0.25) is 0 Å². The summed E-state index contributed by atoms with van der Waals surface area (Å²) in [5.41, 5.74) is 0.761. The summed E-state index contributed by atoms with van der Waals surface area (Å²) < 4.78 is 19.3. The third-order valence-corrected chi connectivity index (χ3v) is 4.02. The predicted molar refractivity (Wildman–Crippen MR) is 101 cm³/mol. The Morgan fingerprint density at radius 1 is 1.11 bits per heavy atom. The number of halogens is 1. The van der Waals surface area contributed by atoms with Crippen LogP contribution in [-0.2, 0) is 16.2 Å². The monoisotopic (exact) mass is 380 g/mol. The number of hydrogen-bond donors (Lipinski definition) is 1. The van der Waals surface area contributed by atoms with Crippen molar-refractivity contribution in [2.45, 2.75) is 6.61 Å². The molecule has 0 radical (unpaired) electrons. The van der Waals surface area contributed by atoms with Crippen molar-refractivity contribution in [3.8, 4) is 5.75 Å². The maximum absolute atomic E-state index is 13.7. The summed E-state index contributed by atoms with van der Waals surface area (Å²) in [6.45, 7) is 3.52. The minimum atomic E-state index is -0.783. The summed E-state index contributed by atoms with van der Waals surface area (Å²) in [4.78, 5) is 37.1. The van der Waals surface area contributed by atoms with Gasteiger partial charge >= 0.3 is 6.03 Å². The van der Waals surface area contributed by atoms with E-state index in [1.54, 1.807) is 42.5 Å². The van der Waals surface area contributed by atoms with Crippen LogP contribution in [-0.4, -0.2) is 29.3 Å². The first-order valence-corrected chi connectivity index (χ1v) is 8.45. The zero-order chi connectivity index (χ0) is 20.1. The minimum Gasteiger partial charge on any atom is -0.489 e. The quantitative estimate of drug-likeness (QED) is 0.475. The number of urea groups is 1. The van der Waals surface area contributed by atoms with Gasteiger partial charge in [-0.2, -0.15) is 0 Å². The fourth-order valence-electron chi connectivity index (χ4n) is 2.63. The van der Waals surface area contributed by atoms with E-state index in [4.69, 9.17) is 4.74 Å². The van der Waals surface area contributed by atoms with Gasteiger partial charge in [0, 0.05) is 12.1 Å². The number of amides is 4. The standard InChI is InChI=1S/C21H17FN2O4/c1-2-10-24-20(26)17(19(25)23-21(24)27)12-14-6-5-8-16(11-14)28-13-15-7-3-4-9-18(15)22/h2-9,11-12H,1,10,13H2,(H,23,25,27). The maximum atomic E-state index is 13.7. The number of barbiturate groups is 1. The molecule has 0 bridgehead atoms. The zero-order valence-electron chi connectivity index (χ0n) is 14.9. The molecular weight excluding hydrogens is 363 g/mol. The molecule has 28 heavy (non-hydrogen) atoms. The van der Waals surface area contributed by atoms with Crippen molar-refractivity contribution in [1.82, 2.24) is 10.2 Å². The molecule has 1 heterocycles. The second-order valence-corrected chi connectivity index (χ2v) is 5.97. The molecule has 0 aliphatic carbocycles. The number of nitrogens with one attached hydrogen (secondary N) is 1. The van der Waals surface area contributed by atoms with E-state index in [0.29, 0.717) is 16.9 Å². The number of nitrogens with zero attached hydrogens (tertiary/aromatic N) is 1. The Bertz CT molecular complexity index is 984. The highest BCUT2D eigenvalue weighted by Gasteiger charge is 2.34. The molecule has 1 aliphatic heterocycles. The number of hydrogen-bond acceptors (Lipinski definition) is 4. The Balaban J connectivity index is 1.80. The van der Waals surface area contributed by atoms with Gasteiger partial charge in [0.05, 0.1) is 0 Å². The van der Waals surface area contributed by atoms with Gasteiger partial charge in [0.2, 0.25) is 0 Å². The Morgan fingerprint density at radius 3 is 2.64 bits per heavy atom. The molecule has 1 fully saturated rings. The molecule has 7 heteroatoms. The number of carbonyl (C=O) groups excluding carboxylic acids is 3. The van der Waals surface area contributed by atoms with Crippen LogP contribution in [0.5, 0.6) is 5.75 Å². The van der Waals surface area contributed by atoms with Gasteiger partial charge in [-0.1, -0.05) is 36.4 Å². The molecule has 142 valence electrons. The van der Waals surface area contributed by atoms with E-state index >= 15 is 0 Å². The molecule has 4 amide bonds. The van der Waals surface area contributed by atoms with Gasteiger partial charge < -0.3 is 4.74 Å². The highest BCUT2D eigenvalue weighted by atomic mass is 19.1. The Labute approximate surface area is 160 Å². The molecule has 2 aromatic carbocycles. The second-order valence-electron chi connectivity index (χ2n) is 5.97. The van der Waals surface area contributed by atoms with Crippen molar-refractivity contribution in [2.24, 2.45) is 0 Å². The molecule has 0 atom stereocenters. The molecular formula is C21H17FN2O4. The van der Waals surface area contributed by atoms with Crippen LogP contribution in [0.3, 0.4) is 0 Å². The van der Waals surface area contributed by atoms with Crippen LogP contribution in [0, 0.1) is 5.82 Å². The van der Waals surface area contributed by atoms with Crippen molar-refractivity contribution >= 4 is 23.9 Å². The van der Waals surface area contributed by atoms with Crippen LogP contribution in [0.15, 0.2) is 66.8 Å². The summed E-state index contributed by atoms with van der Waals surface area (Å²) in [6.07, 6.45) is 2.76. The van der Waals surface area contributed by atoms with Crippen LogP contribution < -0.4 is 10.1 Å². The lowest BCUT2D eigenvalue weighted by Crippen LogP contribution is -2.54. The molecule has 1 N–H and O–H groups in total. The Kier molecular flexibility index (Phi) is 5.64. The van der Waals surface area contributed by atoms with E-state index in [0.717, 1.165) is 4.90 Å². The lowest BCUT2D eigenvalue weighted by molar-refractivity contribution is -0.129. The SMILES string of the molecule is C=CCN1C(=O)NC(=O)C(=Cc2cccc(OCc3ccccc3F)c2)C1=O. The first-order valence-electron chi connectivity index (χ1n) is 8.45. The molecule has 1 aliphatic rings. The molecule has 0 spiro atoms. The second kappa shape index (κ2) is 8.30. The molecule has 6 nitrogen and oxygen atoms in total. The van der Waals surface area contributed by atoms with E-state index in [-0.39, 0.29) is 24.5 Å². The summed E-state index contributed by atoms with van der Waals surface area (Å²) in [5.74, 6) is -1.39. The smallest absolute Gasteiger partial charge is 0.331 e. The lowest BCUT2D eigenvalue weighted by atomic mass is 10.1. The summed E-state index contributed by atoms with van der Waals surface area (Å²) in [7, 11) is 0. The highest BCUT2D eigenvalue weighted by molar-refractivity contribution is 6.31. The van der Waals surface area contributed by atoms with Crippen molar-refractivity contribution < 1.29 is 23.5 Å². The van der Waals surface area contributed by atoms with E-state index in [2.05, 4.69) is 11.9 Å². The lowest BCUT2D eigenvalue weighted by Gasteiger charge is -2.25. The van der Waals surface area contributed by atoms with E-state index in [1.165, 1.54) is 18.2 Å². The third-order valence-electron chi connectivity index (χ3n) is 4.02. The maximum Gasteiger partial charge on any atom is 0.331 e. The largest absolute Gasteiger partial charge is 0.489 e. The van der Waals surface area contributed by atoms with Crippen LogP contribution in [0.25, 0.3) is 6.08 Å². The molecule has 3 rings (SSSR count). The number of rotatable bonds is 6. The number of carbonyl (C=O) groups is 3. The van der Waals surface area contributed by atoms with Gasteiger partial charge in [0.15, 0.2) is 0 Å². The first-order chi connectivity index (χ1) is 13.5. The van der Waals surface area contributed by atoms with Crippen LogP contribution >= 0.6 is 0 Å². The molecule has 0 saturated carbocycles. The number of imide groups is 2. The number of ether oxygens (including phenoxy) is 1. The Hall–Kier alpha value is -3.74. The summed E-state index contributed by atoms with van der Waals surface area (Å²) in [6, 6.07) is 12.2. The first kappa shape index (κ1) is 19.0. The third kappa shape index (κ3) is 4.15. The van der Waals surface area contributed by atoms with E-state index < -0.39 is 17.8 Å². The van der Waals surface area contributed by atoms with E-state index in [9.17, 15) is 18.8 Å². The van der Waals surface area contributed by atoms with Crippen molar-refractivity contribution in [3.63, 3.8) is 0 Å². The van der Waals surface area contributed by atoms with Crippen molar-refractivity contribution in [1.29, 1.82) is 0 Å². The number of benzene rings is 2. The highest BCUT2D eigenvalue weighted by Crippen LogP contribution is 2.20. The van der Waals surface area contributed by atoms with Gasteiger partial charge in [-0.3, -0.25) is 19.8 Å². The fraction of sp³-hybridized carbons (Fsp3) is 0.0952.